The summed E-state index contributed by atoms with van der Waals surface area (Å²) in [6, 6.07) is -0.667. The summed E-state index contributed by atoms with van der Waals surface area (Å²) in [7, 11) is 3.18. The standard InChI is InChI=1S/C13H22N2O4/c1-9-12(16)14-6-4-5-11(14)13(17)15(9)7-10(19-3)8-18-2/h9-11H,4-8H2,1-3H3. The van der Waals surface area contributed by atoms with E-state index in [9.17, 15) is 9.59 Å². The van der Waals surface area contributed by atoms with Crippen LogP contribution in [0.25, 0.3) is 0 Å². The molecule has 0 aromatic heterocycles. The van der Waals surface area contributed by atoms with Crippen LogP contribution in [0.5, 0.6) is 0 Å². The number of rotatable bonds is 5. The average molecular weight is 270 g/mol. The summed E-state index contributed by atoms with van der Waals surface area (Å²) in [5, 5.41) is 0. The van der Waals surface area contributed by atoms with Gasteiger partial charge in [0.25, 0.3) is 0 Å². The van der Waals surface area contributed by atoms with Crippen LogP contribution in [-0.2, 0) is 19.1 Å². The molecule has 0 aliphatic carbocycles. The molecule has 19 heavy (non-hydrogen) atoms. The molecule has 2 rings (SSSR count). The molecular formula is C13H22N2O4. The van der Waals surface area contributed by atoms with E-state index in [0.717, 1.165) is 12.8 Å². The molecule has 0 radical (unpaired) electrons. The molecule has 0 aromatic rings. The van der Waals surface area contributed by atoms with Crippen molar-refractivity contribution >= 4 is 11.8 Å². The van der Waals surface area contributed by atoms with Gasteiger partial charge in [0.05, 0.1) is 12.7 Å². The fraction of sp³-hybridized carbons (Fsp3) is 0.846. The molecule has 2 fully saturated rings. The molecule has 0 aromatic carbocycles. The fourth-order valence-corrected chi connectivity index (χ4v) is 2.89. The highest BCUT2D eigenvalue weighted by atomic mass is 16.5. The van der Waals surface area contributed by atoms with Crippen LogP contribution in [0.4, 0.5) is 0 Å². The SMILES string of the molecule is COCC(CN1C(=O)C2CCCN2C(=O)C1C)OC. The van der Waals surface area contributed by atoms with Gasteiger partial charge in [-0.1, -0.05) is 0 Å². The third kappa shape index (κ3) is 2.60. The number of amides is 2. The highest BCUT2D eigenvalue weighted by molar-refractivity contribution is 5.97. The first-order valence-electron chi connectivity index (χ1n) is 6.72. The highest BCUT2D eigenvalue weighted by Crippen LogP contribution is 2.27. The molecule has 3 unspecified atom stereocenters. The van der Waals surface area contributed by atoms with Crippen LogP contribution in [0.1, 0.15) is 19.8 Å². The van der Waals surface area contributed by atoms with E-state index in [1.54, 1.807) is 30.9 Å². The summed E-state index contributed by atoms with van der Waals surface area (Å²) in [6.45, 7) is 3.31. The number of carbonyl (C=O) groups excluding carboxylic acids is 2. The van der Waals surface area contributed by atoms with Crippen LogP contribution in [0.3, 0.4) is 0 Å². The summed E-state index contributed by atoms with van der Waals surface area (Å²) >= 11 is 0. The lowest BCUT2D eigenvalue weighted by Gasteiger charge is -2.41. The molecule has 2 aliphatic heterocycles. The van der Waals surface area contributed by atoms with Gasteiger partial charge in [0.2, 0.25) is 11.8 Å². The van der Waals surface area contributed by atoms with Crippen LogP contribution in [0.15, 0.2) is 0 Å². The lowest BCUT2D eigenvalue weighted by molar-refractivity contribution is -0.160. The maximum Gasteiger partial charge on any atom is 0.246 e. The van der Waals surface area contributed by atoms with Gasteiger partial charge >= 0.3 is 0 Å². The van der Waals surface area contributed by atoms with Gasteiger partial charge in [0.1, 0.15) is 12.1 Å². The first-order chi connectivity index (χ1) is 9.10. The number of methoxy groups -OCH3 is 2. The number of fused-ring (bicyclic) bond motifs is 1. The van der Waals surface area contributed by atoms with Crippen LogP contribution < -0.4 is 0 Å². The topological polar surface area (TPSA) is 59.1 Å². The fourth-order valence-electron chi connectivity index (χ4n) is 2.89. The number of hydrogen-bond donors (Lipinski definition) is 0. The van der Waals surface area contributed by atoms with Crippen LogP contribution in [-0.4, -0.2) is 73.7 Å². The van der Waals surface area contributed by atoms with Crippen molar-refractivity contribution in [3.8, 4) is 0 Å². The van der Waals surface area contributed by atoms with E-state index in [0.29, 0.717) is 19.7 Å². The molecule has 2 amide bonds. The van der Waals surface area contributed by atoms with Crippen molar-refractivity contribution in [3.05, 3.63) is 0 Å². The Hall–Kier alpha value is -1.14. The predicted molar refractivity (Wildman–Crippen MR) is 68.6 cm³/mol. The second-order valence-corrected chi connectivity index (χ2v) is 5.17. The Bertz CT molecular complexity index is 361. The molecule has 2 saturated heterocycles. The molecule has 2 aliphatic rings. The highest BCUT2D eigenvalue weighted by Gasteiger charge is 2.46. The van der Waals surface area contributed by atoms with Crippen molar-refractivity contribution in [3.63, 3.8) is 0 Å². The Morgan fingerprint density at radius 2 is 2.05 bits per heavy atom. The van der Waals surface area contributed by atoms with Crippen molar-refractivity contribution in [1.82, 2.24) is 9.80 Å². The molecule has 0 saturated carbocycles. The third-order valence-electron chi connectivity index (χ3n) is 4.02. The first-order valence-corrected chi connectivity index (χ1v) is 6.72. The minimum atomic E-state index is -0.406. The molecule has 2 heterocycles. The Balaban J connectivity index is 2.10. The number of nitrogens with zero attached hydrogens (tertiary/aromatic N) is 2. The van der Waals surface area contributed by atoms with Gasteiger partial charge in [-0.3, -0.25) is 9.59 Å². The summed E-state index contributed by atoms with van der Waals surface area (Å²) < 4.78 is 10.4. The van der Waals surface area contributed by atoms with E-state index in [1.165, 1.54) is 0 Å². The first kappa shape index (κ1) is 14.3. The second-order valence-electron chi connectivity index (χ2n) is 5.17. The number of carbonyl (C=O) groups is 2. The molecule has 6 heteroatoms. The molecule has 6 nitrogen and oxygen atoms in total. The summed E-state index contributed by atoms with van der Waals surface area (Å²) in [5.74, 6) is 0.0946. The smallest absolute Gasteiger partial charge is 0.246 e. The Kier molecular flexibility index (Phi) is 4.42. The molecular weight excluding hydrogens is 248 g/mol. The van der Waals surface area contributed by atoms with Crippen molar-refractivity contribution < 1.29 is 19.1 Å². The molecule has 0 N–H and O–H groups in total. The maximum atomic E-state index is 12.5. The largest absolute Gasteiger partial charge is 0.382 e. The summed E-state index contributed by atoms with van der Waals surface area (Å²) in [5.41, 5.74) is 0. The average Bonchev–Trinajstić information content (AvgIpc) is 2.89. The summed E-state index contributed by atoms with van der Waals surface area (Å²) in [6.07, 6.45) is 1.49. The van der Waals surface area contributed by atoms with Crippen molar-refractivity contribution in [2.75, 3.05) is 33.9 Å². The van der Waals surface area contributed by atoms with E-state index in [1.807, 2.05) is 0 Å². The van der Waals surface area contributed by atoms with Gasteiger partial charge in [0.15, 0.2) is 0 Å². The number of piperazine rings is 1. The van der Waals surface area contributed by atoms with Crippen molar-refractivity contribution in [2.24, 2.45) is 0 Å². The quantitative estimate of drug-likeness (QED) is 0.698. The van der Waals surface area contributed by atoms with E-state index in [2.05, 4.69) is 0 Å². The third-order valence-corrected chi connectivity index (χ3v) is 4.02. The minimum absolute atomic E-state index is 0.0442. The van der Waals surface area contributed by atoms with Gasteiger partial charge < -0.3 is 19.3 Å². The molecule has 0 bridgehead atoms. The van der Waals surface area contributed by atoms with Gasteiger partial charge in [-0.05, 0) is 19.8 Å². The molecule has 0 spiro atoms. The van der Waals surface area contributed by atoms with Crippen molar-refractivity contribution in [2.45, 2.75) is 38.0 Å². The molecule has 3 atom stereocenters. The summed E-state index contributed by atoms with van der Waals surface area (Å²) in [4.78, 5) is 28.1. The van der Waals surface area contributed by atoms with E-state index >= 15 is 0 Å². The number of ether oxygens (including phenoxy) is 2. The zero-order chi connectivity index (χ0) is 14.0. The lowest BCUT2D eigenvalue weighted by Crippen LogP contribution is -2.63. The van der Waals surface area contributed by atoms with E-state index < -0.39 is 6.04 Å². The van der Waals surface area contributed by atoms with Gasteiger partial charge in [0, 0.05) is 27.3 Å². The second kappa shape index (κ2) is 5.88. The lowest BCUT2D eigenvalue weighted by atomic mass is 10.1. The predicted octanol–water partition coefficient (Wildman–Crippen LogP) is -0.130. The van der Waals surface area contributed by atoms with Crippen LogP contribution in [0.2, 0.25) is 0 Å². The van der Waals surface area contributed by atoms with Crippen LogP contribution in [0, 0.1) is 0 Å². The Morgan fingerprint density at radius 1 is 1.32 bits per heavy atom. The van der Waals surface area contributed by atoms with Crippen molar-refractivity contribution in [1.29, 1.82) is 0 Å². The van der Waals surface area contributed by atoms with E-state index in [4.69, 9.17) is 9.47 Å². The number of hydrogen-bond acceptors (Lipinski definition) is 4. The van der Waals surface area contributed by atoms with Gasteiger partial charge in [-0.15, -0.1) is 0 Å². The zero-order valence-electron chi connectivity index (χ0n) is 11.8. The normalized spacial score (nSPS) is 28.8. The molecule has 108 valence electrons. The maximum absolute atomic E-state index is 12.5. The van der Waals surface area contributed by atoms with Gasteiger partial charge in [-0.2, -0.15) is 0 Å². The zero-order valence-corrected chi connectivity index (χ0v) is 11.8. The van der Waals surface area contributed by atoms with Gasteiger partial charge in [-0.25, -0.2) is 0 Å². The minimum Gasteiger partial charge on any atom is -0.382 e. The van der Waals surface area contributed by atoms with Crippen LogP contribution >= 0.6 is 0 Å². The monoisotopic (exact) mass is 270 g/mol. The van der Waals surface area contributed by atoms with E-state index in [-0.39, 0.29) is 24.0 Å². The Labute approximate surface area is 113 Å². The Morgan fingerprint density at radius 3 is 2.68 bits per heavy atom.